The first-order valence-electron chi connectivity index (χ1n) is 5.65. The predicted octanol–water partition coefficient (Wildman–Crippen LogP) is 1.29. The van der Waals surface area contributed by atoms with Gasteiger partial charge in [-0.05, 0) is 31.2 Å². The molecule has 1 amide bonds. The molecule has 2 N–H and O–H groups in total. The number of aromatic nitrogens is 1. The summed E-state index contributed by atoms with van der Waals surface area (Å²) in [5.74, 6) is 0.594. The van der Waals surface area contributed by atoms with E-state index >= 15 is 0 Å². The van der Waals surface area contributed by atoms with Crippen LogP contribution in [0.25, 0.3) is 0 Å². The Morgan fingerprint density at radius 1 is 1.44 bits per heavy atom. The number of aromatic amines is 1. The topological polar surface area (TPSA) is 62.0 Å². The van der Waals surface area contributed by atoms with Gasteiger partial charge in [0, 0.05) is 18.3 Å². The third-order valence-electron chi connectivity index (χ3n) is 3.08. The molecule has 1 aliphatic carbocycles. The van der Waals surface area contributed by atoms with E-state index in [1.54, 1.807) is 6.07 Å². The average molecular weight is 220 g/mol. The first-order valence-corrected chi connectivity index (χ1v) is 5.65. The molecular weight excluding hydrogens is 204 g/mol. The van der Waals surface area contributed by atoms with Gasteiger partial charge in [0.25, 0.3) is 5.91 Å². The van der Waals surface area contributed by atoms with Crippen LogP contribution >= 0.6 is 0 Å². The Hall–Kier alpha value is -1.58. The molecule has 86 valence electrons. The van der Waals surface area contributed by atoms with Gasteiger partial charge in [0.1, 0.15) is 0 Å². The largest absolute Gasteiger partial charge is 0.349 e. The van der Waals surface area contributed by atoms with Crippen molar-refractivity contribution < 1.29 is 4.79 Å². The Balaban J connectivity index is 1.98. The molecule has 1 aliphatic rings. The zero-order valence-corrected chi connectivity index (χ0v) is 9.32. The summed E-state index contributed by atoms with van der Waals surface area (Å²) in [6.45, 7) is 2.20. The molecule has 1 fully saturated rings. The third kappa shape index (κ3) is 2.51. The molecule has 4 heteroatoms. The summed E-state index contributed by atoms with van der Waals surface area (Å²) in [4.78, 5) is 25.1. The van der Waals surface area contributed by atoms with Gasteiger partial charge < -0.3 is 10.3 Å². The van der Waals surface area contributed by atoms with Crippen LogP contribution in [0.3, 0.4) is 0 Å². The molecule has 0 saturated heterocycles. The molecule has 2 atom stereocenters. The van der Waals surface area contributed by atoms with Crippen molar-refractivity contribution >= 4 is 5.91 Å². The fourth-order valence-electron chi connectivity index (χ4n) is 2.16. The Bertz CT molecular complexity index is 418. The van der Waals surface area contributed by atoms with E-state index in [0.717, 1.165) is 12.8 Å². The molecular formula is C12H16N2O2. The SMILES string of the molecule is CC1CCC(NC(=O)c2ccc(=O)[nH]c2)C1. The molecule has 16 heavy (non-hydrogen) atoms. The van der Waals surface area contributed by atoms with Gasteiger partial charge in [-0.3, -0.25) is 9.59 Å². The summed E-state index contributed by atoms with van der Waals surface area (Å²) in [5, 5.41) is 2.98. The summed E-state index contributed by atoms with van der Waals surface area (Å²) in [5.41, 5.74) is 0.324. The summed E-state index contributed by atoms with van der Waals surface area (Å²) < 4.78 is 0. The maximum atomic E-state index is 11.8. The van der Waals surface area contributed by atoms with Crippen molar-refractivity contribution in [3.05, 3.63) is 34.2 Å². The standard InChI is InChI=1S/C12H16N2O2/c1-8-2-4-10(6-8)14-12(16)9-3-5-11(15)13-7-9/h3,5,7-8,10H,2,4,6H2,1H3,(H,13,15)(H,14,16). The van der Waals surface area contributed by atoms with E-state index in [9.17, 15) is 9.59 Å². The number of nitrogens with one attached hydrogen (secondary N) is 2. The van der Waals surface area contributed by atoms with Crippen molar-refractivity contribution in [3.63, 3.8) is 0 Å². The Morgan fingerprint density at radius 2 is 2.25 bits per heavy atom. The Labute approximate surface area is 94.1 Å². The molecule has 2 rings (SSSR count). The van der Waals surface area contributed by atoms with Gasteiger partial charge in [0.2, 0.25) is 5.56 Å². The molecule has 0 radical (unpaired) electrons. The first-order chi connectivity index (χ1) is 7.65. The van der Waals surface area contributed by atoms with E-state index in [1.165, 1.54) is 18.7 Å². The molecule has 2 unspecified atom stereocenters. The van der Waals surface area contributed by atoms with Crippen LogP contribution < -0.4 is 10.9 Å². The quantitative estimate of drug-likeness (QED) is 0.789. The van der Waals surface area contributed by atoms with Crippen LogP contribution in [0.1, 0.15) is 36.5 Å². The lowest BCUT2D eigenvalue weighted by Crippen LogP contribution is -2.33. The minimum absolute atomic E-state index is 0.102. The van der Waals surface area contributed by atoms with Crippen LogP contribution in [-0.4, -0.2) is 16.9 Å². The van der Waals surface area contributed by atoms with Gasteiger partial charge in [-0.1, -0.05) is 6.92 Å². The van der Waals surface area contributed by atoms with Crippen molar-refractivity contribution in [3.8, 4) is 0 Å². The van der Waals surface area contributed by atoms with Crippen LogP contribution in [0, 0.1) is 5.92 Å². The molecule has 1 aromatic heterocycles. The lowest BCUT2D eigenvalue weighted by molar-refractivity contribution is 0.0937. The number of pyridine rings is 1. The number of carbonyl (C=O) groups is 1. The van der Waals surface area contributed by atoms with Gasteiger partial charge in [-0.2, -0.15) is 0 Å². The highest BCUT2D eigenvalue weighted by Gasteiger charge is 2.22. The van der Waals surface area contributed by atoms with E-state index < -0.39 is 0 Å². The molecule has 0 bridgehead atoms. The zero-order chi connectivity index (χ0) is 11.5. The smallest absolute Gasteiger partial charge is 0.252 e. The van der Waals surface area contributed by atoms with E-state index in [2.05, 4.69) is 17.2 Å². The van der Waals surface area contributed by atoms with E-state index in [0.29, 0.717) is 11.5 Å². The van der Waals surface area contributed by atoms with E-state index in [1.807, 2.05) is 0 Å². The molecule has 4 nitrogen and oxygen atoms in total. The summed E-state index contributed by atoms with van der Waals surface area (Å²) >= 11 is 0. The molecule has 1 saturated carbocycles. The number of carbonyl (C=O) groups excluding carboxylic acids is 1. The molecule has 0 aromatic carbocycles. The lowest BCUT2D eigenvalue weighted by Gasteiger charge is -2.11. The van der Waals surface area contributed by atoms with Gasteiger partial charge in [0.15, 0.2) is 0 Å². The first kappa shape index (κ1) is 10.9. The highest BCUT2D eigenvalue weighted by molar-refractivity contribution is 5.94. The van der Waals surface area contributed by atoms with Gasteiger partial charge >= 0.3 is 0 Å². The Kier molecular flexibility index (Phi) is 3.08. The minimum atomic E-state index is -0.189. The monoisotopic (exact) mass is 220 g/mol. The van der Waals surface area contributed by atoms with Crippen molar-refractivity contribution in [2.45, 2.75) is 32.2 Å². The second-order valence-corrected chi connectivity index (χ2v) is 4.53. The van der Waals surface area contributed by atoms with Crippen LogP contribution in [0.4, 0.5) is 0 Å². The molecule has 1 aromatic rings. The van der Waals surface area contributed by atoms with Crippen LogP contribution in [0.2, 0.25) is 0 Å². The van der Waals surface area contributed by atoms with Gasteiger partial charge in [-0.15, -0.1) is 0 Å². The molecule has 0 spiro atoms. The Morgan fingerprint density at radius 3 is 2.81 bits per heavy atom. The van der Waals surface area contributed by atoms with Crippen molar-refractivity contribution in [2.75, 3.05) is 0 Å². The van der Waals surface area contributed by atoms with Crippen LogP contribution in [0.15, 0.2) is 23.1 Å². The number of amides is 1. The fourth-order valence-corrected chi connectivity index (χ4v) is 2.16. The number of hydrogen-bond donors (Lipinski definition) is 2. The zero-order valence-electron chi connectivity index (χ0n) is 9.32. The third-order valence-corrected chi connectivity index (χ3v) is 3.08. The average Bonchev–Trinajstić information content (AvgIpc) is 2.65. The highest BCUT2D eigenvalue weighted by atomic mass is 16.2. The number of H-pyrrole nitrogens is 1. The second kappa shape index (κ2) is 4.51. The van der Waals surface area contributed by atoms with Crippen molar-refractivity contribution in [1.29, 1.82) is 0 Å². The molecule has 1 heterocycles. The van der Waals surface area contributed by atoms with Gasteiger partial charge in [-0.25, -0.2) is 0 Å². The number of rotatable bonds is 2. The maximum absolute atomic E-state index is 11.8. The lowest BCUT2D eigenvalue weighted by atomic mass is 10.1. The van der Waals surface area contributed by atoms with Crippen LogP contribution in [0.5, 0.6) is 0 Å². The normalized spacial score (nSPS) is 24.3. The maximum Gasteiger partial charge on any atom is 0.252 e. The van der Waals surface area contributed by atoms with E-state index in [4.69, 9.17) is 0 Å². The van der Waals surface area contributed by atoms with Gasteiger partial charge in [0.05, 0.1) is 5.56 Å². The van der Waals surface area contributed by atoms with E-state index in [-0.39, 0.29) is 17.5 Å². The summed E-state index contributed by atoms with van der Waals surface area (Å²) in [6.07, 6.45) is 4.73. The van der Waals surface area contributed by atoms with Crippen molar-refractivity contribution in [1.82, 2.24) is 10.3 Å². The second-order valence-electron chi connectivity index (χ2n) is 4.53. The predicted molar refractivity (Wildman–Crippen MR) is 61.3 cm³/mol. The highest BCUT2D eigenvalue weighted by Crippen LogP contribution is 2.24. The number of hydrogen-bond acceptors (Lipinski definition) is 2. The fraction of sp³-hybridized carbons (Fsp3) is 0.500. The minimum Gasteiger partial charge on any atom is -0.349 e. The van der Waals surface area contributed by atoms with Crippen molar-refractivity contribution in [2.24, 2.45) is 5.92 Å². The summed E-state index contributed by atoms with van der Waals surface area (Å²) in [6, 6.07) is 3.20. The molecule has 0 aliphatic heterocycles. The van der Waals surface area contributed by atoms with Crippen LogP contribution in [-0.2, 0) is 0 Å². The summed E-state index contributed by atoms with van der Waals surface area (Å²) in [7, 11) is 0.